The summed E-state index contributed by atoms with van der Waals surface area (Å²) in [4.78, 5) is 10.7. The van der Waals surface area contributed by atoms with E-state index in [1.54, 1.807) is 6.92 Å². The fourth-order valence-corrected chi connectivity index (χ4v) is 3.45. The maximum Gasteiger partial charge on any atom is 0.336 e. The average Bonchev–Trinajstić information content (AvgIpc) is 2.88. The fourth-order valence-electron chi connectivity index (χ4n) is 1.20. The van der Waals surface area contributed by atoms with E-state index in [-0.39, 0.29) is 15.6 Å². The molecule has 2 aromatic rings. The molecule has 96 valence electrons. The number of aromatic carboxylic acids is 1. The molecule has 3 N–H and O–H groups in total. The van der Waals surface area contributed by atoms with Crippen LogP contribution >= 0.6 is 11.3 Å². The predicted octanol–water partition coefficient (Wildman–Crippen LogP) is 1.28. The van der Waals surface area contributed by atoms with Gasteiger partial charge in [0.25, 0.3) is 10.0 Å². The van der Waals surface area contributed by atoms with Crippen molar-refractivity contribution in [3.63, 3.8) is 0 Å². The van der Waals surface area contributed by atoms with E-state index >= 15 is 0 Å². The topological polar surface area (TPSA) is 112 Å². The highest BCUT2D eigenvalue weighted by molar-refractivity contribution is 7.94. The van der Waals surface area contributed by atoms with Crippen LogP contribution in [-0.2, 0) is 10.0 Å². The van der Waals surface area contributed by atoms with E-state index in [0.717, 1.165) is 17.4 Å². The van der Waals surface area contributed by atoms with E-state index in [4.69, 9.17) is 5.11 Å². The highest BCUT2D eigenvalue weighted by Gasteiger charge is 2.20. The Labute approximate surface area is 107 Å². The number of thiophene rings is 1. The van der Waals surface area contributed by atoms with Crippen molar-refractivity contribution in [1.29, 1.82) is 0 Å². The lowest BCUT2D eigenvalue weighted by Gasteiger charge is -2.03. The van der Waals surface area contributed by atoms with E-state index in [0.29, 0.717) is 5.56 Å². The first kappa shape index (κ1) is 12.6. The van der Waals surface area contributed by atoms with Crippen LogP contribution in [0.25, 0.3) is 0 Å². The maximum atomic E-state index is 11.9. The second kappa shape index (κ2) is 4.42. The number of anilines is 1. The van der Waals surface area contributed by atoms with Gasteiger partial charge in [0.1, 0.15) is 10.0 Å². The van der Waals surface area contributed by atoms with Crippen molar-refractivity contribution in [1.82, 2.24) is 10.2 Å². The number of carbonyl (C=O) groups is 1. The number of nitrogens with one attached hydrogen (secondary N) is 2. The predicted molar refractivity (Wildman–Crippen MR) is 65.4 cm³/mol. The second-order valence-corrected chi connectivity index (χ2v) is 6.31. The summed E-state index contributed by atoms with van der Waals surface area (Å²) >= 11 is 0.847. The first-order valence-corrected chi connectivity index (χ1v) is 7.11. The van der Waals surface area contributed by atoms with Crippen molar-refractivity contribution in [2.24, 2.45) is 0 Å². The van der Waals surface area contributed by atoms with Gasteiger partial charge >= 0.3 is 5.97 Å². The molecule has 0 aliphatic heterocycles. The minimum absolute atomic E-state index is 0.0540. The minimum atomic E-state index is -3.78. The summed E-state index contributed by atoms with van der Waals surface area (Å²) in [6.45, 7) is 1.69. The van der Waals surface area contributed by atoms with Crippen LogP contribution in [0.2, 0.25) is 0 Å². The van der Waals surface area contributed by atoms with Gasteiger partial charge in [-0.05, 0) is 13.0 Å². The number of rotatable bonds is 4. The molecule has 7 nitrogen and oxygen atoms in total. The SMILES string of the molecule is Cc1cn[nH]c1NS(=O)(=O)c1cc(C(=O)O)cs1. The molecule has 9 heteroatoms. The molecule has 2 aromatic heterocycles. The zero-order valence-electron chi connectivity index (χ0n) is 9.17. The lowest BCUT2D eigenvalue weighted by molar-refractivity contribution is 0.0697. The molecule has 0 amide bonds. The van der Waals surface area contributed by atoms with Gasteiger partial charge in [-0.3, -0.25) is 9.82 Å². The van der Waals surface area contributed by atoms with Crippen molar-refractivity contribution < 1.29 is 18.3 Å². The number of carboxylic acids is 1. The van der Waals surface area contributed by atoms with Crippen LogP contribution in [0.1, 0.15) is 15.9 Å². The summed E-state index contributed by atoms with van der Waals surface area (Å²) in [7, 11) is -3.78. The number of hydrogen-bond donors (Lipinski definition) is 3. The molecule has 2 heterocycles. The van der Waals surface area contributed by atoms with Gasteiger partial charge in [-0.1, -0.05) is 0 Å². The number of aromatic amines is 1. The van der Waals surface area contributed by atoms with Crippen molar-refractivity contribution in [2.45, 2.75) is 11.1 Å². The Morgan fingerprint density at radius 3 is 2.78 bits per heavy atom. The van der Waals surface area contributed by atoms with Gasteiger partial charge in [0.15, 0.2) is 0 Å². The summed E-state index contributed by atoms with van der Waals surface area (Å²) in [5.74, 6) is -0.898. The Kier molecular flexibility index (Phi) is 3.09. The fraction of sp³-hybridized carbons (Fsp3) is 0.111. The number of H-pyrrole nitrogens is 1. The number of carboxylic acid groups (broad SMARTS) is 1. The Morgan fingerprint density at radius 1 is 1.56 bits per heavy atom. The third-order valence-electron chi connectivity index (χ3n) is 2.15. The van der Waals surface area contributed by atoms with Gasteiger partial charge in [0.2, 0.25) is 0 Å². The summed E-state index contributed by atoms with van der Waals surface area (Å²) < 4.78 is 26.1. The smallest absolute Gasteiger partial charge is 0.336 e. The maximum absolute atomic E-state index is 11.9. The van der Waals surface area contributed by atoms with Gasteiger partial charge in [-0.2, -0.15) is 5.10 Å². The molecule has 0 spiro atoms. The number of aromatic nitrogens is 2. The van der Waals surface area contributed by atoms with E-state index < -0.39 is 16.0 Å². The van der Waals surface area contributed by atoms with Crippen LogP contribution < -0.4 is 4.72 Å². The van der Waals surface area contributed by atoms with Gasteiger partial charge in [-0.25, -0.2) is 13.2 Å². The van der Waals surface area contributed by atoms with Crippen molar-refractivity contribution in [2.75, 3.05) is 4.72 Å². The number of hydrogen-bond acceptors (Lipinski definition) is 5. The van der Waals surface area contributed by atoms with Gasteiger partial charge in [0.05, 0.1) is 11.8 Å². The summed E-state index contributed by atoms with van der Waals surface area (Å²) in [5.41, 5.74) is 0.593. The highest BCUT2D eigenvalue weighted by Crippen LogP contribution is 2.23. The molecule has 0 aliphatic rings. The lowest BCUT2D eigenvalue weighted by atomic mass is 10.4. The van der Waals surface area contributed by atoms with Crippen LogP contribution in [0.15, 0.2) is 21.9 Å². The Hall–Kier alpha value is -1.87. The lowest BCUT2D eigenvalue weighted by Crippen LogP contribution is -2.12. The molecule has 0 saturated carbocycles. The van der Waals surface area contributed by atoms with E-state index in [1.807, 2.05) is 0 Å². The summed E-state index contributed by atoms with van der Waals surface area (Å²) in [6.07, 6.45) is 1.48. The highest BCUT2D eigenvalue weighted by atomic mass is 32.2. The second-order valence-electron chi connectivity index (χ2n) is 3.49. The number of sulfonamides is 1. The molecule has 0 unspecified atom stereocenters. The first-order chi connectivity index (χ1) is 8.40. The molecule has 0 bridgehead atoms. The Bertz CT molecular complexity index is 686. The van der Waals surface area contributed by atoms with E-state index in [2.05, 4.69) is 14.9 Å². The quantitative estimate of drug-likeness (QED) is 0.784. The summed E-state index contributed by atoms with van der Waals surface area (Å²) in [6, 6.07) is 1.11. The van der Waals surface area contributed by atoms with Crippen LogP contribution in [0.4, 0.5) is 5.82 Å². The van der Waals surface area contributed by atoms with Crippen LogP contribution in [0.5, 0.6) is 0 Å². The largest absolute Gasteiger partial charge is 0.478 e. The van der Waals surface area contributed by atoms with Gasteiger partial charge in [-0.15, -0.1) is 11.3 Å². The molecule has 0 fully saturated rings. The van der Waals surface area contributed by atoms with Crippen molar-refractivity contribution in [3.05, 3.63) is 28.8 Å². The monoisotopic (exact) mass is 287 g/mol. The first-order valence-electron chi connectivity index (χ1n) is 4.75. The standard InChI is InChI=1S/C9H9N3O4S2/c1-5-3-10-11-8(5)12-18(15,16)7-2-6(4-17-7)9(13)14/h2-4H,1H3,(H,13,14)(H2,10,11,12). The zero-order valence-corrected chi connectivity index (χ0v) is 10.8. The normalized spacial score (nSPS) is 11.4. The molecule has 0 atom stereocenters. The van der Waals surface area contributed by atoms with Crippen LogP contribution in [-0.4, -0.2) is 29.7 Å². The summed E-state index contributed by atoms with van der Waals surface area (Å²) in [5, 5.41) is 16.2. The molecule has 0 radical (unpaired) electrons. The van der Waals surface area contributed by atoms with Crippen LogP contribution in [0, 0.1) is 6.92 Å². The van der Waals surface area contributed by atoms with E-state index in [9.17, 15) is 13.2 Å². The zero-order chi connectivity index (χ0) is 13.3. The molecular formula is C9H9N3O4S2. The molecular weight excluding hydrogens is 278 g/mol. The third-order valence-corrected chi connectivity index (χ3v) is 4.94. The Balaban J connectivity index is 2.31. The minimum Gasteiger partial charge on any atom is -0.478 e. The molecule has 0 aromatic carbocycles. The Morgan fingerprint density at radius 2 is 2.28 bits per heavy atom. The molecule has 0 aliphatic carbocycles. The molecule has 18 heavy (non-hydrogen) atoms. The van der Waals surface area contributed by atoms with E-state index in [1.165, 1.54) is 11.6 Å². The van der Waals surface area contributed by atoms with Gasteiger partial charge < -0.3 is 5.11 Å². The average molecular weight is 287 g/mol. The molecule has 0 saturated heterocycles. The number of nitrogens with zero attached hydrogens (tertiary/aromatic N) is 1. The van der Waals surface area contributed by atoms with Crippen molar-refractivity contribution >= 4 is 33.1 Å². The number of aryl methyl sites for hydroxylation is 1. The van der Waals surface area contributed by atoms with Gasteiger partial charge in [0, 0.05) is 10.9 Å². The van der Waals surface area contributed by atoms with Crippen molar-refractivity contribution in [3.8, 4) is 0 Å². The third kappa shape index (κ3) is 2.36. The van der Waals surface area contributed by atoms with Crippen LogP contribution in [0.3, 0.4) is 0 Å². The molecule has 2 rings (SSSR count).